The van der Waals surface area contributed by atoms with Crippen molar-refractivity contribution in [1.82, 2.24) is 15.2 Å². The minimum absolute atomic E-state index is 0.0474. The van der Waals surface area contributed by atoms with Gasteiger partial charge in [0.25, 0.3) is 5.91 Å². The third kappa shape index (κ3) is 5.30. The number of anilines is 1. The van der Waals surface area contributed by atoms with Crippen molar-refractivity contribution in [2.45, 2.75) is 33.4 Å². The highest BCUT2D eigenvalue weighted by atomic mass is 32.1. The molecule has 2 N–H and O–H groups in total. The molecule has 148 valence electrons. The first kappa shape index (κ1) is 20.3. The van der Waals surface area contributed by atoms with Crippen LogP contribution in [0.5, 0.6) is 0 Å². The molecule has 0 spiro atoms. The number of carbonyl (C=O) groups is 1. The predicted octanol–water partition coefficient (Wildman–Crippen LogP) is 4.37. The van der Waals surface area contributed by atoms with Gasteiger partial charge in [0, 0.05) is 31.2 Å². The molecule has 0 bridgehead atoms. The number of para-hydroxylation sites is 1. The number of nitrogens with one attached hydrogen (secondary N) is 2. The van der Waals surface area contributed by atoms with E-state index >= 15 is 0 Å². The van der Waals surface area contributed by atoms with Crippen LogP contribution < -0.4 is 10.6 Å². The molecule has 1 heterocycles. The van der Waals surface area contributed by atoms with Crippen molar-refractivity contribution in [2.24, 2.45) is 0 Å². The molecule has 0 atom stereocenters. The first-order chi connectivity index (χ1) is 13.6. The van der Waals surface area contributed by atoms with Gasteiger partial charge in [-0.25, -0.2) is 4.98 Å². The molecular formula is C22H28N4OS. The normalized spacial score (nSPS) is 11.3. The van der Waals surface area contributed by atoms with E-state index in [0.29, 0.717) is 24.7 Å². The van der Waals surface area contributed by atoms with Crippen LogP contribution in [0.25, 0.3) is 10.2 Å². The van der Waals surface area contributed by atoms with Gasteiger partial charge < -0.3 is 10.6 Å². The number of hydrogen-bond acceptors (Lipinski definition) is 5. The van der Waals surface area contributed by atoms with Gasteiger partial charge in [-0.05, 0) is 50.2 Å². The summed E-state index contributed by atoms with van der Waals surface area (Å²) in [6.07, 6.45) is 0. The highest BCUT2D eigenvalue weighted by molar-refractivity contribution is 7.22. The number of carbonyl (C=O) groups excluding carboxylic acids is 1. The van der Waals surface area contributed by atoms with Gasteiger partial charge in [0.1, 0.15) is 0 Å². The van der Waals surface area contributed by atoms with Crippen LogP contribution in [-0.4, -0.2) is 41.5 Å². The molecule has 0 unspecified atom stereocenters. The summed E-state index contributed by atoms with van der Waals surface area (Å²) >= 11 is 1.62. The van der Waals surface area contributed by atoms with Crippen LogP contribution in [0.1, 0.15) is 36.7 Å². The minimum Gasteiger partial charge on any atom is -0.360 e. The number of thiazole rings is 1. The van der Waals surface area contributed by atoms with Crippen LogP contribution >= 0.6 is 11.3 Å². The largest absolute Gasteiger partial charge is 0.360 e. The number of fused-ring (bicyclic) bond motifs is 1. The molecule has 2 aromatic carbocycles. The molecule has 0 saturated heterocycles. The lowest BCUT2D eigenvalue weighted by Crippen LogP contribution is -2.30. The first-order valence-corrected chi connectivity index (χ1v) is 10.6. The Bertz CT molecular complexity index is 871. The van der Waals surface area contributed by atoms with Crippen LogP contribution in [0, 0.1) is 0 Å². The van der Waals surface area contributed by atoms with Crippen molar-refractivity contribution in [3.63, 3.8) is 0 Å². The van der Waals surface area contributed by atoms with Gasteiger partial charge in [0.05, 0.1) is 10.2 Å². The molecule has 0 saturated carbocycles. The maximum Gasteiger partial charge on any atom is 0.251 e. The van der Waals surface area contributed by atoms with E-state index < -0.39 is 0 Å². The second-order valence-corrected chi connectivity index (χ2v) is 8.05. The maximum atomic E-state index is 12.3. The zero-order valence-electron chi connectivity index (χ0n) is 16.7. The summed E-state index contributed by atoms with van der Waals surface area (Å²) < 4.78 is 1.16. The van der Waals surface area contributed by atoms with Crippen LogP contribution in [0.15, 0.2) is 48.5 Å². The standard InChI is InChI=1S/C22H28N4OS/c1-4-26(16(2)3)15-17-9-11-18(12-10-17)21(27)23-13-14-24-22-25-19-7-5-6-8-20(19)28-22/h5-12,16H,4,13-15H2,1-3H3,(H,23,27)(H,24,25). The van der Waals surface area contributed by atoms with E-state index in [4.69, 9.17) is 0 Å². The molecular weight excluding hydrogens is 368 g/mol. The van der Waals surface area contributed by atoms with Crippen molar-refractivity contribution in [3.8, 4) is 0 Å². The van der Waals surface area contributed by atoms with Crippen molar-refractivity contribution in [1.29, 1.82) is 0 Å². The Morgan fingerprint density at radius 2 is 1.86 bits per heavy atom. The van der Waals surface area contributed by atoms with Crippen LogP contribution in [0.4, 0.5) is 5.13 Å². The number of benzene rings is 2. The Morgan fingerprint density at radius 3 is 2.54 bits per heavy atom. The number of aromatic nitrogens is 1. The maximum absolute atomic E-state index is 12.3. The second-order valence-electron chi connectivity index (χ2n) is 7.02. The predicted molar refractivity (Wildman–Crippen MR) is 118 cm³/mol. The Morgan fingerprint density at radius 1 is 1.11 bits per heavy atom. The number of hydrogen-bond donors (Lipinski definition) is 2. The molecule has 6 heteroatoms. The third-order valence-corrected chi connectivity index (χ3v) is 5.71. The highest BCUT2D eigenvalue weighted by Gasteiger charge is 2.09. The Balaban J connectivity index is 1.45. The SMILES string of the molecule is CCN(Cc1ccc(C(=O)NCCNc2nc3ccccc3s2)cc1)C(C)C. The van der Waals surface area contributed by atoms with Gasteiger partial charge in [-0.15, -0.1) is 0 Å². The van der Waals surface area contributed by atoms with Crippen molar-refractivity contribution < 1.29 is 4.79 Å². The number of amides is 1. The fourth-order valence-corrected chi connectivity index (χ4v) is 3.94. The quantitative estimate of drug-likeness (QED) is 0.528. The fourth-order valence-electron chi connectivity index (χ4n) is 3.05. The molecule has 1 amide bonds. The van der Waals surface area contributed by atoms with E-state index in [0.717, 1.165) is 28.4 Å². The topological polar surface area (TPSA) is 57.3 Å². The average molecular weight is 397 g/mol. The molecule has 28 heavy (non-hydrogen) atoms. The van der Waals surface area contributed by atoms with Gasteiger partial charge in [-0.3, -0.25) is 9.69 Å². The summed E-state index contributed by atoms with van der Waals surface area (Å²) in [6, 6.07) is 16.5. The summed E-state index contributed by atoms with van der Waals surface area (Å²) in [5.41, 5.74) is 2.92. The lowest BCUT2D eigenvalue weighted by Gasteiger charge is -2.24. The van der Waals surface area contributed by atoms with E-state index in [1.54, 1.807) is 11.3 Å². The second kappa shape index (κ2) is 9.66. The van der Waals surface area contributed by atoms with E-state index in [1.807, 2.05) is 42.5 Å². The van der Waals surface area contributed by atoms with E-state index in [2.05, 4.69) is 47.4 Å². The summed E-state index contributed by atoms with van der Waals surface area (Å²) in [4.78, 5) is 19.3. The lowest BCUT2D eigenvalue weighted by atomic mass is 10.1. The summed E-state index contributed by atoms with van der Waals surface area (Å²) in [5, 5.41) is 7.11. The third-order valence-electron chi connectivity index (χ3n) is 4.72. The number of nitrogens with zero attached hydrogens (tertiary/aromatic N) is 2. The highest BCUT2D eigenvalue weighted by Crippen LogP contribution is 2.24. The van der Waals surface area contributed by atoms with Crippen LogP contribution in [0.3, 0.4) is 0 Å². The smallest absolute Gasteiger partial charge is 0.251 e. The Kier molecular flexibility index (Phi) is 7.01. The molecule has 0 aliphatic heterocycles. The van der Waals surface area contributed by atoms with Crippen molar-refractivity contribution in [2.75, 3.05) is 25.0 Å². The zero-order chi connectivity index (χ0) is 19.9. The fraction of sp³-hybridized carbons (Fsp3) is 0.364. The van der Waals surface area contributed by atoms with Crippen LogP contribution in [0.2, 0.25) is 0 Å². The Hall–Kier alpha value is -2.44. The zero-order valence-corrected chi connectivity index (χ0v) is 17.6. The van der Waals surface area contributed by atoms with E-state index in [-0.39, 0.29) is 5.91 Å². The molecule has 0 radical (unpaired) electrons. The molecule has 3 aromatic rings. The van der Waals surface area contributed by atoms with Gasteiger partial charge in [0.2, 0.25) is 0 Å². The molecule has 0 aliphatic rings. The summed E-state index contributed by atoms with van der Waals surface area (Å²) in [5.74, 6) is -0.0474. The van der Waals surface area contributed by atoms with Crippen molar-refractivity contribution in [3.05, 3.63) is 59.7 Å². The first-order valence-electron chi connectivity index (χ1n) is 9.77. The van der Waals surface area contributed by atoms with Gasteiger partial charge in [-0.1, -0.05) is 42.5 Å². The number of rotatable bonds is 9. The lowest BCUT2D eigenvalue weighted by molar-refractivity contribution is 0.0955. The summed E-state index contributed by atoms with van der Waals surface area (Å²) in [6.45, 7) is 9.69. The van der Waals surface area contributed by atoms with Gasteiger partial charge in [-0.2, -0.15) is 0 Å². The van der Waals surface area contributed by atoms with E-state index in [1.165, 1.54) is 5.56 Å². The molecule has 0 aliphatic carbocycles. The molecule has 5 nitrogen and oxygen atoms in total. The van der Waals surface area contributed by atoms with Crippen molar-refractivity contribution >= 4 is 32.6 Å². The minimum atomic E-state index is -0.0474. The monoisotopic (exact) mass is 396 g/mol. The van der Waals surface area contributed by atoms with Crippen LogP contribution in [-0.2, 0) is 6.54 Å². The molecule has 0 fully saturated rings. The average Bonchev–Trinajstić information content (AvgIpc) is 3.12. The Labute approximate surface area is 170 Å². The van der Waals surface area contributed by atoms with E-state index in [9.17, 15) is 4.79 Å². The van der Waals surface area contributed by atoms with Gasteiger partial charge >= 0.3 is 0 Å². The molecule has 1 aromatic heterocycles. The summed E-state index contributed by atoms with van der Waals surface area (Å²) in [7, 11) is 0. The molecule has 3 rings (SSSR count). The van der Waals surface area contributed by atoms with Gasteiger partial charge in [0.15, 0.2) is 5.13 Å².